The van der Waals surface area contributed by atoms with Gasteiger partial charge in [0.25, 0.3) is 0 Å². The minimum absolute atomic E-state index is 0.0260. The van der Waals surface area contributed by atoms with Gasteiger partial charge in [-0.2, -0.15) is 0 Å². The van der Waals surface area contributed by atoms with Gasteiger partial charge in [0.15, 0.2) is 0 Å². The Morgan fingerprint density at radius 1 is 1.06 bits per heavy atom. The number of carbonyl (C=O) groups is 4. The maximum atomic E-state index is 14.0. The van der Waals surface area contributed by atoms with Gasteiger partial charge in [-0.1, -0.05) is 47.1 Å². The van der Waals surface area contributed by atoms with Gasteiger partial charge in [0.05, 0.1) is 42.7 Å². The molecule has 1 aromatic rings. The van der Waals surface area contributed by atoms with Gasteiger partial charge < -0.3 is 35.6 Å². The lowest BCUT2D eigenvalue weighted by atomic mass is 9.90. The Hall–Kier alpha value is -3.13. The van der Waals surface area contributed by atoms with Gasteiger partial charge in [0, 0.05) is 59.2 Å². The number of aromatic nitrogens is 1. The number of pyridine rings is 1. The molecular weight excluding hydrogens is 626 g/mol. The van der Waals surface area contributed by atoms with E-state index in [1.165, 1.54) is 0 Å². The summed E-state index contributed by atoms with van der Waals surface area (Å²) in [5.41, 5.74) is 6.94. The van der Waals surface area contributed by atoms with Gasteiger partial charge in [-0.05, 0) is 50.9 Å². The molecule has 2 rings (SSSR count). The van der Waals surface area contributed by atoms with Crippen molar-refractivity contribution in [2.24, 2.45) is 23.5 Å². The molecule has 1 saturated heterocycles. The number of amides is 4. The largest absolute Gasteiger partial charge is 0.379 e. The smallest absolute Gasteiger partial charge is 0.246 e. The van der Waals surface area contributed by atoms with Crippen LogP contribution in [-0.2, 0) is 35.1 Å². The Balaban J connectivity index is 2.18. The first kappa shape index (κ1) is 42.0. The Morgan fingerprint density at radius 2 is 1.76 bits per heavy atom. The lowest BCUT2D eigenvalue weighted by Gasteiger charge is -2.40. The molecule has 0 bridgehead atoms. The van der Waals surface area contributed by atoms with Crippen molar-refractivity contribution in [3.63, 3.8) is 0 Å². The fourth-order valence-electron chi connectivity index (χ4n) is 7.18. The highest BCUT2D eigenvalue weighted by atomic mass is 16.5. The van der Waals surface area contributed by atoms with Crippen LogP contribution in [0.5, 0.6) is 0 Å². The van der Waals surface area contributed by atoms with Crippen molar-refractivity contribution in [3.05, 3.63) is 30.1 Å². The quantitative estimate of drug-likeness (QED) is 0.185. The average Bonchev–Trinajstić information content (AvgIpc) is 3.56. The Kier molecular flexibility index (Phi) is 17.6. The second kappa shape index (κ2) is 20.5. The number of nitrogens with two attached hydrogens (primary N) is 1. The molecule has 13 nitrogen and oxygen atoms in total. The maximum absolute atomic E-state index is 14.0. The molecule has 0 spiro atoms. The first-order valence-electron chi connectivity index (χ1n) is 17.7. The molecule has 13 heteroatoms. The molecule has 0 aliphatic carbocycles. The SMILES string of the molecule is CCC(C)C(C(CC(=O)N1CCC[C@H]1C(OC)C(C)C(=O)NCCc1ccccn1)OC)N(C)C(=O)C(CN)NC(=O)C(C(C)C)N(C)C. The number of methoxy groups -OCH3 is 2. The van der Waals surface area contributed by atoms with E-state index < -0.39 is 36.3 Å². The first-order valence-corrected chi connectivity index (χ1v) is 17.7. The monoisotopic (exact) mass is 689 g/mol. The van der Waals surface area contributed by atoms with Gasteiger partial charge in [-0.15, -0.1) is 0 Å². The summed E-state index contributed by atoms with van der Waals surface area (Å²) in [4.78, 5) is 63.8. The van der Waals surface area contributed by atoms with Crippen LogP contribution >= 0.6 is 0 Å². The number of ether oxygens (including phenoxy) is 2. The van der Waals surface area contributed by atoms with E-state index in [1.807, 2.05) is 76.7 Å². The number of rotatable bonds is 20. The van der Waals surface area contributed by atoms with Crippen molar-refractivity contribution in [2.45, 2.75) is 103 Å². The molecule has 2 heterocycles. The van der Waals surface area contributed by atoms with E-state index >= 15 is 0 Å². The summed E-state index contributed by atoms with van der Waals surface area (Å²) in [7, 11) is 8.47. The molecule has 4 amide bonds. The van der Waals surface area contributed by atoms with Gasteiger partial charge >= 0.3 is 0 Å². The molecule has 1 aliphatic rings. The van der Waals surface area contributed by atoms with E-state index in [4.69, 9.17) is 15.2 Å². The van der Waals surface area contributed by atoms with Crippen LogP contribution in [0, 0.1) is 17.8 Å². The summed E-state index contributed by atoms with van der Waals surface area (Å²) in [5, 5.41) is 5.86. The Labute approximate surface area is 294 Å². The molecule has 8 atom stereocenters. The molecule has 278 valence electrons. The molecule has 0 radical (unpaired) electrons. The van der Waals surface area contributed by atoms with Crippen LogP contribution in [0.25, 0.3) is 0 Å². The molecule has 0 aromatic carbocycles. The molecule has 0 saturated carbocycles. The zero-order chi connectivity index (χ0) is 36.8. The minimum atomic E-state index is -0.930. The fourth-order valence-corrected chi connectivity index (χ4v) is 7.18. The van der Waals surface area contributed by atoms with Crippen molar-refractivity contribution in [1.82, 2.24) is 30.3 Å². The second-order valence-corrected chi connectivity index (χ2v) is 13.9. The summed E-state index contributed by atoms with van der Waals surface area (Å²) in [6, 6.07) is 3.59. The lowest BCUT2D eigenvalue weighted by Crippen LogP contribution is -2.60. The van der Waals surface area contributed by atoms with E-state index in [1.54, 1.807) is 32.4 Å². The van der Waals surface area contributed by atoms with E-state index in [0.29, 0.717) is 25.9 Å². The normalized spacial score (nSPS) is 19.1. The van der Waals surface area contributed by atoms with E-state index in [-0.39, 0.29) is 54.5 Å². The number of likely N-dealkylation sites (tertiary alicyclic amines) is 1. The number of carbonyl (C=O) groups excluding carboxylic acids is 4. The fraction of sp³-hybridized carbons (Fsp3) is 0.750. The van der Waals surface area contributed by atoms with Crippen molar-refractivity contribution < 1.29 is 28.7 Å². The van der Waals surface area contributed by atoms with Gasteiger partial charge in [-0.3, -0.25) is 29.1 Å². The number of nitrogens with zero attached hydrogens (tertiary/aromatic N) is 4. The summed E-state index contributed by atoms with van der Waals surface area (Å²) in [6.45, 7) is 10.7. The first-order chi connectivity index (χ1) is 23.2. The van der Waals surface area contributed by atoms with Crippen LogP contribution in [0.4, 0.5) is 0 Å². The molecule has 1 fully saturated rings. The predicted molar refractivity (Wildman–Crippen MR) is 190 cm³/mol. The van der Waals surface area contributed by atoms with Crippen molar-refractivity contribution in [1.29, 1.82) is 0 Å². The predicted octanol–water partition coefficient (Wildman–Crippen LogP) is 1.69. The zero-order valence-corrected chi connectivity index (χ0v) is 31.5. The molecule has 1 aromatic heterocycles. The minimum Gasteiger partial charge on any atom is -0.379 e. The molecule has 1 aliphatic heterocycles. The maximum Gasteiger partial charge on any atom is 0.246 e. The second-order valence-electron chi connectivity index (χ2n) is 13.9. The lowest BCUT2D eigenvalue weighted by molar-refractivity contribution is -0.147. The van der Waals surface area contributed by atoms with E-state index in [0.717, 1.165) is 18.5 Å². The molecule has 4 N–H and O–H groups in total. The third-order valence-electron chi connectivity index (χ3n) is 9.97. The zero-order valence-electron chi connectivity index (χ0n) is 31.5. The molecular formula is C36H63N7O6. The van der Waals surface area contributed by atoms with Crippen molar-refractivity contribution >= 4 is 23.6 Å². The summed E-state index contributed by atoms with van der Waals surface area (Å²) in [5.74, 6) is -1.35. The van der Waals surface area contributed by atoms with Crippen LogP contribution in [0.1, 0.15) is 66.0 Å². The van der Waals surface area contributed by atoms with Crippen LogP contribution < -0.4 is 16.4 Å². The van der Waals surface area contributed by atoms with Crippen molar-refractivity contribution in [3.8, 4) is 0 Å². The van der Waals surface area contributed by atoms with E-state index in [9.17, 15) is 19.2 Å². The van der Waals surface area contributed by atoms with Gasteiger partial charge in [0.1, 0.15) is 6.04 Å². The topological polar surface area (TPSA) is 159 Å². The summed E-state index contributed by atoms with van der Waals surface area (Å²) < 4.78 is 11.8. The van der Waals surface area contributed by atoms with Crippen LogP contribution in [0.3, 0.4) is 0 Å². The van der Waals surface area contributed by atoms with Crippen molar-refractivity contribution in [2.75, 3.05) is 55.0 Å². The standard InChI is InChI=1S/C36H63N7O6/c1-11-24(4)32(42(8)36(47)27(22-37)40-35(46)31(23(2)3)41(6)7)29(48-9)21-30(44)43-20-14-16-28(43)33(49-10)25(5)34(45)39-19-17-26-15-12-13-18-38-26/h12-13,15,18,23-25,27-29,31-33H,11,14,16-17,19-22,37H2,1-10H3,(H,39,45)(H,40,46)/t24?,25?,27?,28-,29?,31?,32?,33?/m0/s1. The molecule has 7 unspecified atom stereocenters. The van der Waals surface area contributed by atoms with Crippen LogP contribution in [-0.4, -0.2) is 135 Å². The Bertz CT molecular complexity index is 1180. The highest BCUT2D eigenvalue weighted by Gasteiger charge is 2.42. The van der Waals surface area contributed by atoms with Crippen LogP contribution in [0.15, 0.2) is 24.4 Å². The van der Waals surface area contributed by atoms with E-state index in [2.05, 4.69) is 15.6 Å². The van der Waals surface area contributed by atoms with Crippen LogP contribution in [0.2, 0.25) is 0 Å². The average molecular weight is 690 g/mol. The number of hydrogen-bond acceptors (Lipinski definition) is 9. The highest BCUT2D eigenvalue weighted by Crippen LogP contribution is 2.29. The third kappa shape index (κ3) is 11.4. The number of likely N-dealkylation sites (N-methyl/N-ethyl adjacent to an activating group) is 2. The number of hydrogen-bond donors (Lipinski definition) is 3. The number of nitrogens with one attached hydrogen (secondary N) is 2. The van der Waals surface area contributed by atoms with Gasteiger partial charge in [0.2, 0.25) is 23.6 Å². The Morgan fingerprint density at radius 3 is 2.29 bits per heavy atom. The summed E-state index contributed by atoms with van der Waals surface area (Å²) >= 11 is 0. The summed E-state index contributed by atoms with van der Waals surface area (Å²) in [6.07, 6.45) is 3.50. The highest BCUT2D eigenvalue weighted by molar-refractivity contribution is 5.90. The third-order valence-corrected chi connectivity index (χ3v) is 9.97. The molecule has 49 heavy (non-hydrogen) atoms. The van der Waals surface area contributed by atoms with Gasteiger partial charge in [-0.25, -0.2) is 0 Å².